The van der Waals surface area contributed by atoms with Crippen molar-refractivity contribution in [3.8, 4) is 0 Å². The van der Waals surface area contributed by atoms with Gasteiger partial charge in [-0.1, -0.05) is 70.8 Å². The molecule has 0 aromatic heterocycles. The van der Waals surface area contributed by atoms with Gasteiger partial charge in [-0.25, -0.2) is 0 Å². The summed E-state index contributed by atoms with van der Waals surface area (Å²) >= 11 is 0. The van der Waals surface area contributed by atoms with Crippen molar-refractivity contribution in [1.82, 2.24) is 5.32 Å². The van der Waals surface area contributed by atoms with Crippen LogP contribution in [-0.4, -0.2) is 13.1 Å². The van der Waals surface area contributed by atoms with E-state index in [4.69, 9.17) is 0 Å². The molecule has 0 bridgehead atoms. The van der Waals surface area contributed by atoms with E-state index in [1.807, 2.05) is 6.08 Å². The summed E-state index contributed by atoms with van der Waals surface area (Å²) in [7, 11) is 0. The molecule has 0 fully saturated rings. The second kappa shape index (κ2) is 17.7. The Hall–Kier alpha value is -0.300. The van der Waals surface area contributed by atoms with E-state index in [2.05, 4.69) is 18.8 Å². The van der Waals surface area contributed by atoms with Gasteiger partial charge in [0.05, 0.1) is 0 Å². The Balaban J connectivity index is 2.89. The third-order valence-electron chi connectivity index (χ3n) is 3.72. The first kappa shape index (κ1) is 18.7. The Bertz CT molecular complexity index is 165. The molecule has 0 aliphatic heterocycles. The smallest absolute Gasteiger partial charge is 0.00489 e. The highest BCUT2D eigenvalue weighted by molar-refractivity contribution is 4.65. The van der Waals surface area contributed by atoms with E-state index >= 15 is 0 Å². The van der Waals surface area contributed by atoms with E-state index in [0.29, 0.717) is 0 Å². The summed E-state index contributed by atoms with van der Waals surface area (Å²) in [5, 5.41) is 3.57. The number of allylic oxidation sites excluding steroid dienone is 1. The van der Waals surface area contributed by atoms with Gasteiger partial charge in [-0.05, 0) is 38.8 Å². The number of nitrogens with one attached hydrogen (secondary N) is 1. The fourth-order valence-corrected chi connectivity index (χ4v) is 2.40. The lowest BCUT2D eigenvalue weighted by Crippen LogP contribution is -2.16. The lowest BCUT2D eigenvalue weighted by Gasteiger charge is -2.05. The maximum absolute atomic E-state index is 3.75. The third kappa shape index (κ3) is 17.7. The van der Waals surface area contributed by atoms with Crippen LogP contribution in [0.1, 0.15) is 90.4 Å². The van der Waals surface area contributed by atoms with Gasteiger partial charge in [-0.15, -0.1) is 6.58 Å². The number of hydrogen-bond acceptors (Lipinski definition) is 1. The second-order valence-corrected chi connectivity index (χ2v) is 5.72. The molecule has 0 aromatic carbocycles. The predicted molar refractivity (Wildman–Crippen MR) is 88.8 cm³/mol. The summed E-state index contributed by atoms with van der Waals surface area (Å²) in [5.41, 5.74) is 0. The lowest BCUT2D eigenvalue weighted by atomic mass is 10.1. The summed E-state index contributed by atoms with van der Waals surface area (Å²) < 4.78 is 0. The highest BCUT2D eigenvalue weighted by Crippen LogP contribution is 2.07. The minimum Gasteiger partial charge on any atom is -0.317 e. The molecular weight excluding hydrogens is 230 g/mol. The van der Waals surface area contributed by atoms with Crippen LogP contribution in [0.15, 0.2) is 12.7 Å². The van der Waals surface area contributed by atoms with E-state index in [-0.39, 0.29) is 0 Å². The van der Waals surface area contributed by atoms with Gasteiger partial charge >= 0.3 is 0 Å². The standard InChI is InChI=1S/C18H37N/c1-3-5-7-9-11-13-15-17-19-18-16-14-12-10-8-6-4-2/h3,19H,1,4-18H2,2H3. The SMILES string of the molecule is C=CCCCCCCCNCCCCCCCCC. The normalized spacial score (nSPS) is 10.8. The van der Waals surface area contributed by atoms with Crippen LogP contribution in [-0.2, 0) is 0 Å². The van der Waals surface area contributed by atoms with Crippen molar-refractivity contribution in [1.29, 1.82) is 0 Å². The zero-order valence-electron chi connectivity index (χ0n) is 13.4. The van der Waals surface area contributed by atoms with Gasteiger partial charge in [-0.3, -0.25) is 0 Å². The maximum Gasteiger partial charge on any atom is -0.00489 e. The lowest BCUT2D eigenvalue weighted by molar-refractivity contribution is 0.541. The molecule has 1 heteroatoms. The molecule has 0 spiro atoms. The number of hydrogen-bond donors (Lipinski definition) is 1. The van der Waals surface area contributed by atoms with Crippen molar-refractivity contribution in [2.75, 3.05) is 13.1 Å². The van der Waals surface area contributed by atoms with E-state index in [1.54, 1.807) is 0 Å². The molecule has 0 heterocycles. The van der Waals surface area contributed by atoms with Gasteiger partial charge in [0, 0.05) is 0 Å². The zero-order valence-corrected chi connectivity index (χ0v) is 13.4. The summed E-state index contributed by atoms with van der Waals surface area (Å²) in [6.07, 6.45) is 19.9. The molecule has 0 unspecified atom stereocenters. The predicted octanol–water partition coefficient (Wildman–Crippen LogP) is 5.85. The van der Waals surface area contributed by atoms with E-state index in [0.717, 1.165) is 0 Å². The molecule has 0 amide bonds. The molecular formula is C18H37N. The molecule has 0 aliphatic rings. The Kier molecular flexibility index (Phi) is 17.4. The van der Waals surface area contributed by atoms with Gasteiger partial charge in [0.15, 0.2) is 0 Å². The van der Waals surface area contributed by atoms with Crippen LogP contribution in [0.3, 0.4) is 0 Å². The molecule has 19 heavy (non-hydrogen) atoms. The van der Waals surface area contributed by atoms with Gasteiger partial charge in [0.1, 0.15) is 0 Å². The average Bonchev–Trinajstić information content (AvgIpc) is 2.43. The van der Waals surface area contributed by atoms with Gasteiger partial charge < -0.3 is 5.32 Å². The molecule has 0 saturated carbocycles. The van der Waals surface area contributed by atoms with E-state index in [9.17, 15) is 0 Å². The van der Waals surface area contributed by atoms with Gasteiger partial charge in [-0.2, -0.15) is 0 Å². The Morgan fingerprint density at radius 1 is 0.684 bits per heavy atom. The first-order chi connectivity index (χ1) is 9.41. The summed E-state index contributed by atoms with van der Waals surface area (Å²) in [6.45, 7) is 8.48. The van der Waals surface area contributed by atoms with Crippen LogP contribution in [0.4, 0.5) is 0 Å². The topological polar surface area (TPSA) is 12.0 Å². The first-order valence-corrected chi connectivity index (χ1v) is 8.73. The van der Waals surface area contributed by atoms with Crippen LogP contribution in [0.5, 0.6) is 0 Å². The van der Waals surface area contributed by atoms with Crippen LogP contribution >= 0.6 is 0 Å². The highest BCUT2D eigenvalue weighted by Gasteiger charge is 1.92. The zero-order chi connectivity index (χ0) is 14.0. The average molecular weight is 268 g/mol. The Morgan fingerprint density at radius 3 is 1.68 bits per heavy atom. The summed E-state index contributed by atoms with van der Waals surface area (Å²) in [4.78, 5) is 0. The summed E-state index contributed by atoms with van der Waals surface area (Å²) in [6, 6.07) is 0. The van der Waals surface area contributed by atoms with Crippen molar-refractivity contribution < 1.29 is 0 Å². The maximum atomic E-state index is 3.75. The van der Waals surface area contributed by atoms with Gasteiger partial charge in [0.25, 0.3) is 0 Å². The van der Waals surface area contributed by atoms with Crippen molar-refractivity contribution in [3.63, 3.8) is 0 Å². The molecule has 0 saturated heterocycles. The Labute approximate surface area is 122 Å². The van der Waals surface area contributed by atoms with Crippen molar-refractivity contribution >= 4 is 0 Å². The van der Waals surface area contributed by atoms with Crippen molar-refractivity contribution in [2.24, 2.45) is 0 Å². The van der Waals surface area contributed by atoms with Crippen LogP contribution in [0.25, 0.3) is 0 Å². The second-order valence-electron chi connectivity index (χ2n) is 5.72. The molecule has 0 aliphatic carbocycles. The first-order valence-electron chi connectivity index (χ1n) is 8.73. The number of rotatable bonds is 16. The van der Waals surface area contributed by atoms with E-state index in [1.165, 1.54) is 96.6 Å². The van der Waals surface area contributed by atoms with Crippen molar-refractivity contribution in [3.05, 3.63) is 12.7 Å². The molecule has 1 N–H and O–H groups in total. The monoisotopic (exact) mass is 267 g/mol. The molecule has 114 valence electrons. The minimum absolute atomic E-state index is 1.19. The fraction of sp³-hybridized carbons (Fsp3) is 0.889. The Morgan fingerprint density at radius 2 is 1.16 bits per heavy atom. The van der Waals surface area contributed by atoms with Crippen LogP contribution in [0.2, 0.25) is 0 Å². The van der Waals surface area contributed by atoms with Crippen LogP contribution in [0, 0.1) is 0 Å². The fourth-order valence-electron chi connectivity index (χ4n) is 2.40. The number of unbranched alkanes of at least 4 members (excludes halogenated alkanes) is 11. The molecule has 0 radical (unpaired) electrons. The molecule has 1 nitrogen and oxygen atoms in total. The third-order valence-corrected chi connectivity index (χ3v) is 3.72. The van der Waals surface area contributed by atoms with E-state index < -0.39 is 0 Å². The summed E-state index contributed by atoms with van der Waals surface area (Å²) in [5.74, 6) is 0. The molecule has 0 aromatic rings. The highest BCUT2D eigenvalue weighted by atomic mass is 14.8. The molecule has 0 rings (SSSR count). The quantitative estimate of drug-likeness (QED) is 0.273. The van der Waals surface area contributed by atoms with Gasteiger partial charge in [0.2, 0.25) is 0 Å². The molecule has 0 atom stereocenters. The van der Waals surface area contributed by atoms with Crippen molar-refractivity contribution in [2.45, 2.75) is 90.4 Å². The minimum atomic E-state index is 1.19. The largest absolute Gasteiger partial charge is 0.317 e. The van der Waals surface area contributed by atoms with Crippen LogP contribution < -0.4 is 5.32 Å².